The Morgan fingerprint density at radius 1 is 1.17 bits per heavy atom. The van der Waals surface area contributed by atoms with Gasteiger partial charge in [-0.3, -0.25) is 4.79 Å². The van der Waals surface area contributed by atoms with Crippen LogP contribution in [0.5, 0.6) is 0 Å². The molecular weight excluding hydrogens is 244 g/mol. The maximum atomic E-state index is 11.1. The summed E-state index contributed by atoms with van der Waals surface area (Å²) in [5.74, 6) is -0.477. The van der Waals surface area contributed by atoms with Gasteiger partial charge in [-0.25, -0.2) is 0 Å². The van der Waals surface area contributed by atoms with Gasteiger partial charge in [0.05, 0.1) is 6.61 Å². The van der Waals surface area contributed by atoms with E-state index in [1.54, 1.807) is 0 Å². The molecule has 0 amide bonds. The highest BCUT2D eigenvalue weighted by Crippen LogP contribution is 2.26. The molecule has 0 bridgehead atoms. The Labute approximate surface area is 106 Å². The van der Waals surface area contributed by atoms with E-state index in [-0.39, 0.29) is 6.61 Å². The van der Waals surface area contributed by atoms with Crippen LogP contribution < -0.4 is 0 Å². The van der Waals surface area contributed by atoms with Crippen LogP contribution in [-0.2, 0) is 28.5 Å². The van der Waals surface area contributed by atoms with E-state index in [0.717, 1.165) is 0 Å². The minimum atomic E-state index is -1.20. The second-order valence-corrected chi connectivity index (χ2v) is 4.00. The maximum absolute atomic E-state index is 11.1. The van der Waals surface area contributed by atoms with Crippen LogP contribution in [0.2, 0.25) is 0 Å². The molecule has 0 aromatic heterocycles. The van der Waals surface area contributed by atoms with Crippen LogP contribution in [0, 0.1) is 0 Å². The first-order valence-corrected chi connectivity index (χ1v) is 5.60. The number of aliphatic hydroxyl groups excluding tert-OH is 1. The van der Waals surface area contributed by atoms with Crippen molar-refractivity contribution in [1.29, 1.82) is 0 Å². The Morgan fingerprint density at radius 3 is 2.22 bits per heavy atom. The second-order valence-electron chi connectivity index (χ2n) is 4.00. The fourth-order valence-corrected chi connectivity index (χ4v) is 2.06. The highest BCUT2D eigenvalue weighted by atomic mass is 16.7. The molecule has 106 valence electrons. The zero-order chi connectivity index (χ0) is 13.7. The number of ether oxygens (including phenoxy) is 5. The van der Waals surface area contributed by atoms with Gasteiger partial charge < -0.3 is 28.8 Å². The molecule has 1 saturated heterocycles. The predicted molar refractivity (Wildman–Crippen MR) is 59.9 cm³/mol. The fraction of sp³-hybridized carbons (Fsp3) is 0.909. The van der Waals surface area contributed by atoms with Crippen molar-refractivity contribution >= 4 is 5.97 Å². The van der Waals surface area contributed by atoms with Gasteiger partial charge in [0.1, 0.15) is 18.3 Å². The van der Waals surface area contributed by atoms with Gasteiger partial charge in [-0.2, -0.15) is 0 Å². The summed E-state index contributed by atoms with van der Waals surface area (Å²) in [5.41, 5.74) is 0. The zero-order valence-corrected chi connectivity index (χ0v) is 11.0. The molecule has 5 atom stereocenters. The molecule has 1 rings (SSSR count). The minimum absolute atomic E-state index is 0.212. The quantitative estimate of drug-likeness (QED) is 0.658. The highest BCUT2D eigenvalue weighted by Gasteiger charge is 2.48. The van der Waals surface area contributed by atoms with E-state index in [9.17, 15) is 9.90 Å². The zero-order valence-electron chi connectivity index (χ0n) is 11.0. The van der Waals surface area contributed by atoms with Crippen LogP contribution in [0.15, 0.2) is 0 Å². The Kier molecular flexibility index (Phi) is 5.97. The third-order valence-electron chi connectivity index (χ3n) is 2.79. The monoisotopic (exact) mass is 264 g/mol. The summed E-state index contributed by atoms with van der Waals surface area (Å²) in [4.78, 5) is 11.1. The number of hydrogen-bond donors (Lipinski definition) is 1. The summed E-state index contributed by atoms with van der Waals surface area (Å²) in [6.07, 6.45) is -3.85. The highest BCUT2D eigenvalue weighted by molar-refractivity contribution is 5.66. The summed E-state index contributed by atoms with van der Waals surface area (Å²) in [5, 5.41) is 9.81. The van der Waals surface area contributed by atoms with Crippen molar-refractivity contribution < 1.29 is 33.6 Å². The van der Waals surface area contributed by atoms with Crippen LogP contribution in [0.3, 0.4) is 0 Å². The van der Waals surface area contributed by atoms with Crippen molar-refractivity contribution in [2.45, 2.75) is 37.6 Å². The lowest BCUT2D eigenvalue weighted by Gasteiger charge is -2.42. The van der Waals surface area contributed by atoms with Crippen LogP contribution >= 0.6 is 0 Å². The van der Waals surface area contributed by atoms with Gasteiger partial charge in [0.15, 0.2) is 12.4 Å². The molecule has 7 nitrogen and oxygen atoms in total. The second kappa shape index (κ2) is 7.01. The molecular formula is C11H20O7. The molecule has 0 radical (unpaired) electrons. The Bertz CT molecular complexity index is 270. The van der Waals surface area contributed by atoms with Crippen molar-refractivity contribution in [2.24, 2.45) is 0 Å². The number of carbonyl (C=O) groups is 1. The first-order chi connectivity index (χ1) is 8.54. The molecule has 0 spiro atoms. The van der Waals surface area contributed by atoms with E-state index < -0.39 is 36.7 Å². The van der Waals surface area contributed by atoms with Crippen LogP contribution in [0.4, 0.5) is 0 Å². The van der Waals surface area contributed by atoms with Crippen LogP contribution in [-0.4, -0.2) is 69.7 Å². The number of methoxy groups -OCH3 is 3. The molecule has 5 unspecified atom stereocenters. The molecule has 0 aliphatic carbocycles. The van der Waals surface area contributed by atoms with E-state index in [1.165, 1.54) is 28.3 Å². The largest absolute Gasteiger partial charge is 0.457 e. The van der Waals surface area contributed by atoms with E-state index in [4.69, 9.17) is 23.7 Å². The van der Waals surface area contributed by atoms with E-state index in [2.05, 4.69) is 0 Å². The molecule has 1 aliphatic rings. The molecule has 7 heteroatoms. The lowest BCUT2D eigenvalue weighted by atomic mass is 9.98. The van der Waals surface area contributed by atoms with Crippen molar-refractivity contribution in [1.82, 2.24) is 0 Å². The van der Waals surface area contributed by atoms with Gasteiger partial charge in [0.25, 0.3) is 0 Å². The van der Waals surface area contributed by atoms with E-state index >= 15 is 0 Å². The first kappa shape index (κ1) is 15.3. The topological polar surface area (TPSA) is 83.5 Å². The Morgan fingerprint density at radius 2 is 1.78 bits per heavy atom. The standard InChI is InChI=1S/C11H20O7/c1-6(12)17-9-8(15-3)7(5-14-2)18-11(13)10(9)16-4/h7-11,13H,5H2,1-4H3. The third kappa shape index (κ3) is 3.39. The smallest absolute Gasteiger partial charge is 0.303 e. The van der Waals surface area contributed by atoms with Gasteiger partial charge in [0.2, 0.25) is 0 Å². The molecule has 1 heterocycles. The molecule has 0 aromatic carbocycles. The van der Waals surface area contributed by atoms with Crippen molar-refractivity contribution in [3.63, 3.8) is 0 Å². The molecule has 18 heavy (non-hydrogen) atoms. The Hall–Kier alpha value is -0.730. The van der Waals surface area contributed by atoms with E-state index in [1.807, 2.05) is 0 Å². The average Bonchev–Trinajstić information content (AvgIpc) is 2.29. The lowest BCUT2D eigenvalue weighted by molar-refractivity contribution is -0.298. The number of rotatable bonds is 5. The normalized spacial score (nSPS) is 36.4. The average molecular weight is 264 g/mol. The minimum Gasteiger partial charge on any atom is -0.457 e. The van der Waals surface area contributed by atoms with Gasteiger partial charge in [-0.1, -0.05) is 0 Å². The van der Waals surface area contributed by atoms with Gasteiger partial charge >= 0.3 is 5.97 Å². The maximum Gasteiger partial charge on any atom is 0.303 e. The van der Waals surface area contributed by atoms with Gasteiger partial charge in [0, 0.05) is 28.3 Å². The summed E-state index contributed by atoms with van der Waals surface area (Å²) in [7, 11) is 4.38. The van der Waals surface area contributed by atoms with Crippen LogP contribution in [0.1, 0.15) is 6.92 Å². The molecule has 0 saturated carbocycles. The SMILES string of the molecule is COCC1OC(O)C(OC)C(OC(C)=O)C1OC. The van der Waals surface area contributed by atoms with Crippen molar-refractivity contribution in [2.75, 3.05) is 27.9 Å². The summed E-state index contributed by atoms with van der Waals surface area (Å²) in [6.45, 7) is 1.50. The third-order valence-corrected chi connectivity index (χ3v) is 2.79. The number of hydrogen-bond acceptors (Lipinski definition) is 7. The summed E-state index contributed by atoms with van der Waals surface area (Å²) < 4.78 is 25.9. The fourth-order valence-electron chi connectivity index (χ4n) is 2.06. The predicted octanol–water partition coefficient (Wildman–Crippen LogP) is -0.688. The van der Waals surface area contributed by atoms with Crippen molar-refractivity contribution in [3.05, 3.63) is 0 Å². The van der Waals surface area contributed by atoms with Crippen LogP contribution in [0.25, 0.3) is 0 Å². The summed E-state index contributed by atoms with van der Waals surface area (Å²) in [6, 6.07) is 0. The molecule has 1 fully saturated rings. The Balaban J connectivity index is 2.89. The van der Waals surface area contributed by atoms with Crippen molar-refractivity contribution in [3.8, 4) is 0 Å². The number of aliphatic hydroxyl groups is 1. The van der Waals surface area contributed by atoms with Gasteiger partial charge in [-0.05, 0) is 0 Å². The summed E-state index contributed by atoms with van der Waals surface area (Å²) >= 11 is 0. The number of carbonyl (C=O) groups excluding carboxylic acids is 1. The van der Waals surface area contributed by atoms with E-state index in [0.29, 0.717) is 0 Å². The molecule has 1 N–H and O–H groups in total. The number of esters is 1. The molecule has 0 aromatic rings. The molecule has 1 aliphatic heterocycles. The first-order valence-electron chi connectivity index (χ1n) is 5.60. The van der Waals surface area contributed by atoms with Gasteiger partial charge in [-0.15, -0.1) is 0 Å². The lowest BCUT2D eigenvalue weighted by Crippen LogP contribution is -2.61.